The Hall–Kier alpha value is -3.14. The summed E-state index contributed by atoms with van der Waals surface area (Å²) in [5.74, 6) is -3.36. The molecule has 0 bridgehead atoms. The Morgan fingerprint density at radius 3 is 1.98 bits per heavy atom. The highest BCUT2D eigenvalue weighted by Gasteiger charge is 2.36. The standard InChI is InChI=1S/C23H38N4O5S.C7H8O3S/c1-17(2)15-21(22(28)25-27(16-18(3)4)33(31,32)14-13-24)20(23(29)26-30)12-8-11-19-9-6-5-7-10-19;1-6-2-4-7(5-3-6)11(8,9)10/h5-11,17-18,20-21,30H,12-16,24H2,1-4H3,(H,25,28)(H,26,29);2-5H,1H3,(H,8,9,10)/b11-8+;/t20-,21+;/m0./s1. The van der Waals surface area contributed by atoms with Crippen LogP contribution in [0.1, 0.15) is 51.7 Å². The van der Waals surface area contributed by atoms with Crippen LogP contribution in [0.5, 0.6) is 0 Å². The number of allylic oxidation sites excluding steroid dienone is 1. The summed E-state index contributed by atoms with van der Waals surface area (Å²) in [6.45, 7) is 9.32. The van der Waals surface area contributed by atoms with Crippen LogP contribution in [0.25, 0.3) is 6.08 Å². The van der Waals surface area contributed by atoms with Gasteiger partial charge in [0.1, 0.15) is 0 Å². The van der Waals surface area contributed by atoms with Crippen molar-refractivity contribution in [2.24, 2.45) is 29.4 Å². The van der Waals surface area contributed by atoms with Gasteiger partial charge in [0, 0.05) is 13.1 Å². The van der Waals surface area contributed by atoms with E-state index >= 15 is 0 Å². The Bertz CT molecular complexity index is 1410. The summed E-state index contributed by atoms with van der Waals surface area (Å²) in [5.41, 5.74) is 11.5. The van der Waals surface area contributed by atoms with Gasteiger partial charge in [0.05, 0.1) is 22.5 Å². The highest BCUT2D eigenvalue weighted by atomic mass is 32.2. The van der Waals surface area contributed by atoms with E-state index in [9.17, 15) is 31.6 Å². The molecule has 0 radical (unpaired) electrons. The van der Waals surface area contributed by atoms with Crippen LogP contribution in [-0.2, 0) is 29.7 Å². The molecule has 6 N–H and O–H groups in total. The second kappa shape index (κ2) is 18.6. The number of nitrogens with one attached hydrogen (secondary N) is 2. The van der Waals surface area contributed by atoms with E-state index in [1.165, 1.54) is 12.1 Å². The first kappa shape index (κ1) is 38.9. The highest BCUT2D eigenvalue weighted by molar-refractivity contribution is 7.89. The van der Waals surface area contributed by atoms with Gasteiger partial charge in [-0.05, 0) is 49.3 Å². The zero-order chi connectivity index (χ0) is 33.5. The van der Waals surface area contributed by atoms with Crippen molar-refractivity contribution in [3.63, 3.8) is 0 Å². The van der Waals surface area contributed by atoms with Crippen LogP contribution in [-0.4, -0.2) is 61.7 Å². The Kier molecular flexibility index (Phi) is 16.5. The lowest BCUT2D eigenvalue weighted by atomic mass is 9.82. The first-order valence-electron chi connectivity index (χ1n) is 14.2. The minimum absolute atomic E-state index is 0.0482. The SMILES string of the molecule is CC(C)C[C@@H](C(=O)NN(CC(C)C)S(=O)(=O)CCN)[C@H](C/C=C/c1ccccc1)C(=O)NO.Cc1ccc(S(=O)(=O)O)cc1. The molecule has 0 unspecified atom stereocenters. The molecular weight excluding hydrogens is 608 g/mol. The molecular formula is C30H46N4O8S2. The van der Waals surface area contributed by atoms with Gasteiger partial charge in [0.15, 0.2) is 0 Å². The third-order valence-electron chi connectivity index (χ3n) is 6.29. The molecule has 0 fully saturated rings. The van der Waals surface area contributed by atoms with Gasteiger partial charge in [-0.3, -0.25) is 24.8 Å². The summed E-state index contributed by atoms with van der Waals surface area (Å²) in [6, 6.07) is 15.5. The molecule has 0 aliphatic carbocycles. The topological polar surface area (TPSA) is 196 Å². The van der Waals surface area contributed by atoms with Gasteiger partial charge >= 0.3 is 0 Å². The molecule has 0 spiro atoms. The van der Waals surface area contributed by atoms with E-state index in [1.807, 2.05) is 71.0 Å². The average Bonchev–Trinajstić information content (AvgIpc) is 2.94. The molecule has 2 amide bonds. The first-order valence-corrected chi connectivity index (χ1v) is 17.3. The fourth-order valence-electron chi connectivity index (χ4n) is 4.15. The van der Waals surface area contributed by atoms with Gasteiger partial charge in [0.25, 0.3) is 10.1 Å². The second-order valence-corrected chi connectivity index (χ2v) is 14.6. The number of hydrogen-bond donors (Lipinski definition) is 5. The number of carbonyl (C=O) groups excluding carboxylic acids is 2. The highest BCUT2D eigenvalue weighted by Crippen LogP contribution is 2.26. The predicted molar refractivity (Wildman–Crippen MR) is 170 cm³/mol. The minimum atomic E-state index is -4.02. The largest absolute Gasteiger partial charge is 0.329 e. The summed E-state index contributed by atoms with van der Waals surface area (Å²) in [7, 11) is -7.84. The van der Waals surface area contributed by atoms with E-state index in [1.54, 1.807) is 23.7 Å². The number of carbonyl (C=O) groups is 2. The van der Waals surface area contributed by atoms with Crippen molar-refractivity contribution < 1.29 is 36.2 Å². The lowest BCUT2D eigenvalue weighted by Gasteiger charge is -2.30. The molecule has 2 aromatic rings. The molecule has 0 saturated heterocycles. The van der Waals surface area contributed by atoms with Crippen molar-refractivity contribution in [3.05, 3.63) is 71.8 Å². The molecule has 0 heterocycles. The molecule has 2 aromatic carbocycles. The van der Waals surface area contributed by atoms with Crippen molar-refractivity contribution in [1.82, 2.24) is 15.3 Å². The average molecular weight is 655 g/mol. The van der Waals surface area contributed by atoms with Crippen molar-refractivity contribution in [3.8, 4) is 0 Å². The van der Waals surface area contributed by atoms with E-state index in [2.05, 4.69) is 5.43 Å². The Morgan fingerprint density at radius 2 is 1.50 bits per heavy atom. The van der Waals surface area contributed by atoms with Crippen LogP contribution in [0.4, 0.5) is 0 Å². The van der Waals surface area contributed by atoms with E-state index in [0.717, 1.165) is 15.5 Å². The van der Waals surface area contributed by atoms with Crippen LogP contribution < -0.4 is 16.6 Å². The zero-order valence-corrected chi connectivity index (χ0v) is 27.5. The van der Waals surface area contributed by atoms with Gasteiger partial charge < -0.3 is 5.73 Å². The lowest BCUT2D eigenvalue weighted by Crippen LogP contribution is -2.53. The summed E-state index contributed by atoms with van der Waals surface area (Å²) >= 11 is 0. The number of nitrogens with two attached hydrogens (primary N) is 1. The maximum Gasteiger partial charge on any atom is 0.294 e. The van der Waals surface area contributed by atoms with Crippen LogP contribution >= 0.6 is 0 Å². The number of amides is 2. The molecule has 0 aliphatic heterocycles. The van der Waals surface area contributed by atoms with Gasteiger partial charge in [-0.15, -0.1) is 4.41 Å². The molecule has 0 saturated carbocycles. The second-order valence-electron chi connectivity index (χ2n) is 11.2. The number of sulfonamides is 1. The Labute approximate surface area is 261 Å². The maximum atomic E-state index is 13.3. The normalized spacial score (nSPS) is 13.4. The number of benzene rings is 2. The van der Waals surface area contributed by atoms with Gasteiger partial charge in [-0.25, -0.2) is 13.9 Å². The Balaban J connectivity index is 0.000000733. The molecule has 0 aromatic heterocycles. The van der Waals surface area contributed by atoms with Crippen LogP contribution in [0.3, 0.4) is 0 Å². The van der Waals surface area contributed by atoms with Crippen LogP contribution in [0.2, 0.25) is 0 Å². The third-order valence-corrected chi connectivity index (χ3v) is 8.82. The predicted octanol–water partition coefficient (Wildman–Crippen LogP) is 3.39. The van der Waals surface area contributed by atoms with E-state index in [0.29, 0.717) is 6.42 Å². The van der Waals surface area contributed by atoms with E-state index in [4.69, 9.17) is 10.3 Å². The fourth-order valence-corrected chi connectivity index (χ4v) is 5.90. The zero-order valence-electron chi connectivity index (χ0n) is 25.9. The van der Waals surface area contributed by atoms with Crippen LogP contribution in [0, 0.1) is 30.6 Å². The van der Waals surface area contributed by atoms with Gasteiger partial charge in [-0.2, -0.15) is 8.42 Å². The number of hydrazine groups is 1. The molecule has 2 rings (SSSR count). The number of aryl methyl sites for hydroxylation is 1. The smallest absolute Gasteiger partial charge is 0.294 e. The summed E-state index contributed by atoms with van der Waals surface area (Å²) in [5, 5.41) is 9.31. The van der Waals surface area contributed by atoms with Crippen molar-refractivity contribution >= 4 is 38.0 Å². The lowest BCUT2D eigenvalue weighted by molar-refractivity contribution is -0.141. The summed E-state index contributed by atoms with van der Waals surface area (Å²) in [4.78, 5) is 25.7. The third kappa shape index (κ3) is 14.1. The number of nitrogens with zero attached hydrogens (tertiary/aromatic N) is 1. The number of hydroxylamine groups is 1. The number of hydrogen-bond acceptors (Lipinski definition) is 8. The number of rotatable bonds is 15. The molecule has 246 valence electrons. The molecule has 0 aliphatic rings. The maximum absolute atomic E-state index is 13.3. The van der Waals surface area contributed by atoms with E-state index in [-0.39, 0.29) is 42.0 Å². The monoisotopic (exact) mass is 654 g/mol. The minimum Gasteiger partial charge on any atom is -0.329 e. The fraction of sp³-hybridized carbons (Fsp3) is 0.467. The van der Waals surface area contributed by atoms with Crippen molar-refractivity contribution in [1.29, 1.82) is 0 Å². The first-order chi connectivity index (χ1) is 20.5. The molecule has 12 nitrogen and oxygen atoms in total. The molecule has 14 heteroatoms. The van der Waals surface area contributed by atoms with Crippen molar-refractivity contribution in [2.75, 3.05) is 18.8 Å². The van der Waals surface area contributed by atoms with Crippen LogP contribution in [0.15, 0.2) is 65.6 Å². The molecule has 2 atom stereocenters. The Morgan fingerprint density at radius 1 is 0.909 bits per heavy atom. The van der Waals surface area contributed by atoms with E-state index < -0.39 is 43.8 Å². The quantitative estimate of drug-likeness (QED) is 0.109. The summed E-state index contributed by atoms with van der Waals surface area (Å²) < 4.78 is 55.7. The molecule has 44 heavy (non-hydrogen) atoms. The summed E-state index contributed by atoms with van der Waals surface area (Å²) in [6.07, 6.45) is 4.12. The van der Waals surface area contributed by atoms with Gasteiger partial charge in [-0.1, -0.05) is 87.9 Å². The van der Waals surface area contributed by atoms with Gasteiger partial charge in [0.2, 0.25) is 21.8 Å². The van der Waals surface area contributed by atoms with Crippen molar-refractivity contribution in [2.45, 2.75) is 52.4 Å².